The largest absolute Gasteiger partial charge is 0.465 e. The number of hydrogen-bond donors (Lipinski definition) is 0. The van der Waals surface area contributed by atoms with E-state index in [1.165, 1.54) is 128 Å². The van der Waals surface area contributed by atoms with E-state index < -0.39 is 0 Å². The van der Waals surface area contributed by atoms with E-state index in [-0.39, 0.29) is 5.97 Å². The van der Waals surface area contributed by atoms with Gasteiger partial charge in [-0.3, -0.25) is 4.79 Å². The summed E-state index contributed by atoms with van der Waals surface area (Å²) in [6.07, 6.45) is 28.9. The second kappa shape index (κ2) is 24.7. The topological polar surface area (TPSA) is 26.3 Å². The van der Waals surface area contributed by atoms with Gasteiger partial charge in [0.05, 0.1) is 6.61 Å². The third-order valence-corrected chi connectivity index (χ3v) is 6.31. The highest BCUT2D eigenvalue weighted by Gasteiger charge is 2.07. The van der Waals surface area contributed by atoms with Crippen molar-refractivity contribution in [1.82, 2.24) is 0 Å². The predicted octanol–water partition coefficient (Wildman–Crippen LogP) is 9.79. The summed E-state index contributed by atoms with van der Waals surface area (Å²) < 4.78 is 5.42. The summed E-state index contributed by atoms with van der Waals surface area (Å²) in [5.74, 6) is 0.523. The lowest BCUT2D eigenvalue weighted by Crippen LogP contribution is -2.11. The molecule has 0 fully saturated rings. The van der Waals surface area contributed by atoms with Gasteiger partial charge < -0.3 is 4.74 Å². The fourth-order valence-electron chi connectivity index (χ4n) is 4.13. The molecule has 0 aromatic heterocycles. The number of esters is 1. The zero-order valence-electron chi connectivity index (χ0n) is 21.2. The zero-order valence-corrected chi connectivity index (χ0v) is 21.2. The van der Waals surface area contributed by atoms with Gasteiger partial charge in [0.1, 0.15) is 0 Å². The summed E-state index contributed by atoms with van der Waals surface area (Å²) in [5, 5.41) is 0. The quantitative estimate of drug-likeness (QED) is 0.114. The summed E-state index contributed by atoms with van der Waals surface area (Å²) in [4.78, 5) is 11.8. The summed E-state index contributed by atoms with van der Waals surface area (Å²) >= 11 is 0. The molecule has 0 spiro atoms. The number of rotatable bonds is 24. The summed E-state index contributed by atoms with van der Waals surface area (Å²) in [6.45, 7) is 7.32. The fourth-order valence-corrected chi connectivity index (χ4v) is 4.13. The van der Waals surface area contributed by atoms with Crippen molar-refractivity contribution in [2.75, 3.05) is 6.61 Å². The van der Waals surface area contributed by atoms with Crippen LogP contribution in [0, 0.1) is 5.92 Å². The molecular weight excluding hydrogens is 368 g/mol. The molecule has 0 aliphatic heterocycles. The number of carbonyl (C=O) groups excluding carboxylic acids is 1. The first kappa shape index (κ1) is 29.5. The molecule has 1 atom stereocenters. The van der Waals surface area contributed by atoms with Gasteiger partial charge >= 0.3 is 5.97 Å². The van der Waals surface area contributed by atoms with Crippen LogP contribution in [0.1, 0.15) is 162 Å². The van der Waals surface area contributed by atoms with Crippen molar-refractivity contribution in [2.45, 2.75) is 162 Å². The van der Waals surface area contributed by atoms with Gasteiger partial charge in [-0.1, -0.05) is 143 Å². The average molecular weight is 425 g/mol. The van der Waals surface area contributed by atoms with Crippen LogP contribution in [0.5, 0.6) is 0 Å². The van der Waals surface area contributed by atoms with Crippen LogP contribution >= 0.6 is 0 Å². The lowest BCUT2D eigenvalue weighted by atomic mass is 10.0. The van der Waals surface area contributed by atoms with Crippen LogP contribution in [0.4, 0.5) is 0 Å². The van der Waals surface area contributed by atoms with Crippen LogP contribution in [0.2, 0.25) is 0 Å². The molecule has 0 bridgehead atoms. The smallest absolute Gasteiger partial charge is 0.305 e. The fraction of sp³-hybridized carbons (Fsp3) is 0.964. The van der Waals surface area contributed by atoms with E-state index in [9.17, 15) is 4.79 Å². The van der Waals surface area contributed by atoms with Crippen molar-refractivity contribution in [3.8, 4) is 0 Å². The predicted molar refractivity (Wildman–Crippen MR) is 133 cm³/mol. The lowest BCUT2D eigenvalue weighted by molar-refractivity contribution is -0.145. The van der Waals surface area contributed by atoms with E-state index >= 15 is 0 Å². The molecule has 2 nitrogen and oxygen atoms in total. The highest BCUT2D eigenvalue weighted by atomic mass is 16.5. The SMILES string of the molecule is CCCCCCCCCCCCCCCCCCCC(=O)OCC(C)CCCCC. The maximum absolute atomic E-state index is 11.8. The van der Waals surface area contributed by atoms with Crippen LogP contribution in [0.15, 0.2) is 0 Å². The minimum Gasteiger partial charge on any atom is -0.465 e. The molecule has 0 aliphatic rings. The maximum atomic E-state index is 11.8. The average Bonchev–Trinajstić information content (AvgIpc) is 2.74. The molecule has 0 saturated carbocycles. The molecule has 0 heterocycles. The minimum atomic E-state index is 0.0123. The normalized spacial score (nSPS) is 12.2. The van der Waals surface area contributed by atoms with E-state index in [0.29, 0.717) is 18.9 Å². The van der Waals surface area contributed by atoms with Crippen molar-refractivity contribution in [3.63, 3.8) is 0 Å². The maximum Gasteiger partial charge on any atom is 0.305 e. The van der Waals surface area contributed by atoms with Gasteiger partial charge in [0, 0.05) is 6.42 Å². The van der Waals surface area contributed by atoms with Crippen LogP contribution in [-0.2, 0) is 9.53 Å². The molecule has 0 N–H and O–H groups in total. The molecule has 0 saturated heterocycles. The second-order valence-corrected chi connectivity index (χ2v) is 9.69. The van der Waals surface area contributed by atoms with Crippen molar-refractivity contribution in [1.29, 1.82) is 0 Å². The summed E-state index contributed by atoms with van der Waals surface area (Å²) in [7, 11) is 0. The molecule has 30 heavy (non-hydrogen) atoms. The second-order valence-electron chi connectivity index (χ2n) is 9.69. The molecule has 180 valence electrons. The Labute approximate surface area is 190 Å². The first-order valence-electron chi connectivity index (χ1n) is 13.9. The van der Waals surface area contributed by atoms with Gasteiger partial charge in [-0.25, -0.2) is 0 Å². The van der Waals surface area contributed by atoms with Crippen molar-refractivity contribution in [3.05, 3.63) is 0 Å². The molecule has 0 aliphatic carbocycles. The van der Waals surface area contributed by atoms with Crippen molar-refractivity contribution < 1.29 is 9.53 Å². The Hall–Kier alpha value is -0.530. The van der Waals surface area contributed by atoms with Gasteiger partial charge in [-0.05, 0) is 18.8 Å². The monoisotopic (exact) mass is 424 g/mol. The Balaban J connectivity index is 3.19. The Morgan fingerprint density at radius 2 is 0.933 bits per heavy atom. The van der Waals surface area contributed by atoms with E-state index in [0.717, 1.165) is 6.42 Å². The van der Waals surface area contributed by atoms with Crippen LogP contribution in [-0.4, -0.2) is 12.6 Å². The van der Waals surface area contributed by atoms with Crippen LogP contribution in [0.25, 0.3) is 0 Å². The van der Waals surface area contributed by atoms with Crippen LogP contribution in [0.3, 0.4) is 0 Å². The molecule has 0 rings (SSSR count). The molecular formula is C28H56O2. The molecule has 0 aromatic carbocycles. The number of hydrogen-bond acceptors (Lipinski definition) is 2. The van der Waals surface area contributed by atoms with E-state index in [4.69, 9.17) is 4.74 Å². The number of carbonyl (C=O) groups is 1. The van der Waals surface area contributed by atoms with Gasteiger partial charge in [-0.2, -0.15) is 0 Å². The van der Waals surface area contributed by atoms with E-state index in [1.54, 1.807) is 0 Å². The molecule has 1 unspecified atom stereocenters. The highest BCUT2D eigenvalue weighted by Crippen LogP contribution is 2.15. The first-order chi connectivity index (χ1) is 14.7. The zero-order chi connectivity index (χ0) is 22.1. The highest BCUT2D eigenvalue weighted by molar-refractivity contribution is 5.69. The molecule has 2 heteroatoms. The van der Waals surface area contributed by atoms with Crippen LogP contribution < -0.4 is 0 Å². The third kappa shape index (κ3) is 23.7. The Kier molecular flexibility index (Phi) is 24.3. The molecule has 0 aromatic rings. The Morgan fingerprint density at radius 3 is 1.37 bits per heavy atom. The van der Waals surface area contributed by atoms with E-state index in [1.807, 2.05) is 0 Å². The summed E-state index contributed by atoms with van der Waals surface area (Å²) in [5.41, 5.74) is 0. The third-order valence-electron chi connectivity index (χ3n) is 6.31. The van der Waals surface area contributed by atoms with Gasteiger partial charge in [0.15, 0.2) is 0 Å². The number of ether oxygens (including phenoxy) is 1. The summed E-state index contributed by atoms with van der Waals surface area (Å²) in [6, 6.07) is 0. The van der Waals surface area contributed by atoms with E-state index in [2.05, 4.69) is 20.8 Å². The molecule has 0 amide bonds. The van der Waals surface area contributed by atoms with Crippen molar-refractivity contribution in [2.24, 2.45) is 5.92 Å². The standard InChI is InChI=1S/C28H56O2/c1-4-6-8-9-10-11-12-13-14-15-16-17-18-19-20-21-23-25-28(29)30-26-27(3)24-22-7-5-2/h27H,4-26H2,1-3H3. The van der Waals surface area contributed by atoms with Crippen molar-refractivity contribution >= 4 is 5.97 Å². The number of unbranched alkanes of at least 4 members (excludes halogenated alkanes) is 18. The Morgan fingerprint density at radius 1 is 0.567 bits per heavy atom. The van der Waals surface area contributed by atoms with Gasteiger partial charge in [0.2, 0.25) is 0 Å². The van der Waals surface area contributed by atoms with Gasteiger partial charge in [0.25, 0.3) is 0 Å². The van der Waals surface area contributed by atoms with Gasteiger partial charge in [-0.15, -0.1) is 0 Å². The Bertz CT molecular complexity index is 340. The minimum absolute atomic E-state index is 0.0123. The lowest BCUT2D eigenvalue weighted by Gasteiger charge is -2.11. The first-order valence-corrected chi connectivity index (χ1v) is 13.9. The molecule has 0 radical (unpaired) electrons.